The average Bonchev–Trinajstić information content (AvgIpc) is 2.74. The molecule has 29 heavy (non-hydrogen) atoms. The summed E-state index contributed by atoms with van der Waals surface area (Å²) >= 11 is 2.03. The van der Waals surface area contributed by atoms with Crippen molar-refractivity contribution in [3.63, 3.8) is 0 Å². The van der Waals surface area contributed by atoms with Gasteiger partial charge >= 0.3 is 0 Å². The molecule has 5 nitrogen and oxygen atoms in total. The molecule has 1 fully saturated rings. The van der Waals surface area contributed by atoms with Crippen LogP contribution in [-0.4, -0.2) is 49.6 Å². The van der Waals surface area contributed by atoms with Crippen LogP contribution in [-0.2, 0) is 17.8 Å². The first-order valence-electron chi connectivity index (χ1n) is 9.99. The molecule has 156 valence electrons. The van der Waals surface area contributed by atoms with Crippen molar-refractivity contribution in [2.24, 2.45) is 0 Å². The van der Waals surface area contributed by atoms with Crippen LogP contribution in [0.4, 0.5) is 5.69 Å². The number of ether oxygens (including phenoxy) is 2. The number of thioether (sulfide) groups is 1. The van der Waals surface area contributed by atoms with Crippen LogP contribution in [0.25, 0.3) is 0 Å². The summed E-state index contributed by atoms with van der Waals surface area (Å²) in [7, 11) is 3.25. The molecule has 3 rings (SSSR count). The lowest BCUT2D eigenvalue weighted by molar-refractivity contribution is -0.116. The molecule has 1 amide bonds. The lowest BCUT2D eigenvalue weighted by Gasteiger charge is -2.26. The van der Waals surface area contributed by atoms with E-state index in [-0.39, 0.29) is 5.91 Å². The molecule has 6 heteroatoms. The van der Waals surface area contributed by atoms with Crippen molar-refractivity contribution in [3.8, 4) is 11.5 Å². The van der Waals surface area contributed by atoms with Gasteiger partial charge in [-0.15, -0.1) is 0 Å². The van der Waals surface area contributed by atoms with Crippen molar-refractivity contribution in [1.82, 2.24) is 4.90 Å². The monoisotopic (exact) mass is 414 g/mol. The second kappa shape index (κ2) is 10.6. The minimum atomic E-state index is 0.00990. The summed E-state index contributed by atoms with van der Waals surface area (Å²) in [5.41, 5.74) is 4.31. The van der Waals surface area contributed by atoms with Crippen LogP contribution in [0.15, 0.2) is 36.4 Å². The molecular weight excluding hydrogens is 384 g/mol. The van der Waals surface area contributed by atoms with E-state index in [1.54, 1.807) is 14.2 Å². The van der Waals surface area contributed by atoms with Gasteiger partial charge in [-0.1, -0.05) is 12.1 Å². The molecule has 2 aromatic carbocycles. The van der Waals surface area contributed by atoms with Crippen LogP contribution in [0.3, 0.4) is 0 Å². The van der Waals surface area contributed by atoms with Gasteiger partial charge in [-0.2, -0.15) is 11.8 Å². The first-order valence-corrected chi connectivity index (χ1v) is 11.1. The van der Waals surface area contributed by atoms with E-state index in [1.807, 2.05) is 36.0 Å². The largest absolute Gasteiger partial charge is 0.497 e. The number of hydrogen-bond acceptors (Lipinski definition) is 5. The van der Waals surface area contributed by atoms with Crippen molar-refractivity contribution in [3.05, 3.63) is 53.1 Å². The lowest BCUT2D eigenvalue weighted by atomic mass is 10.1. The summed E-state index contributed by atoms with van der Waals surface area (Å²) in [6, 6.07) is 12.0. The third-order valence-electron chi connectivity index (χ3n) is 5.13. The molecule has 0 aromatic heterocycles. The highest BCUT2D eigenvalue weighted by molar-refractivity contribution is 7.99. The highest BCUT2D eigenvalue weighted by atomic mass is 32.2. The van der Waals surface area contributed by atoms with Gasteiger partial charge in [0, 0.05) is 49.3 Å². The SMILES string of the molecule is COc1cc(CCC(=O)Nc2ccc(CN3CCSCC3)cc2C)cc(OC)c1. The summed E-state index contributed by atoms with van der Waals surface area (Å²) in [6.45, 7) is 5.33. The summed E-state index contributed by atoms with van der Waals surface area (Å²) in [4.78, 5) is 15.0. The second-order valence-electron chi connectivity index (χ2n) is 7.31. The Morgan fingerprint density at radius 2 is 1.72 bits per heavy atom. The van der Waals surface area contributed by atoms with Crippen molar-refractivity contribution < 1.29 is 14.3 Å². The topological polar surface area (TPSA) is 50.8 Å². The van der Waals surface area contributed by atoms with Crippen LogP contribution < -0.4 is 14.8 Å². The number of anilines is 1. The van der Waals surface area contributed by atoms with Crippen molar-refractivity contribution in [2.75, 3.05) is 44.1 Å². The maximum absolute atomic E-state index is 12.5. The Labute approximate surface area is 177 Å². The minimum absolute atomic E-state index is 0.00990. The fourth-order valence-electron chi connectivity index (χ4n) is 3.46. The van der Waals surface area contributed by atoms with Gasteiger partial charge in [-0.25, -0.2) is 0 Å². The maximum atomic E-state index is 12.5. The van der Waals surface area contributed by atoms with Crippen molar-refractivity contribution >= 4 is 23.4 Å². The van der Waals surface area contributed by atoms with Crippen LogP contribution in [0.2, 0.25) is 0 Å². The van der Waals surface area contributed by atoms with Gasteiger partial charge in [-0.05, 0) is 48.2 Å². The van der Waals surface area contributed by atoms with E-state index < -0.39 is 0 Å². The summed E-state index contributed by atoms with van der Waals surface area (Å²) in [5, 5.41) is 3.05. The molecule has 0 bridgehead atoms. The van der Waals surface area contributed by atoms with E-state index >= 15 is 0 Å². The number of benzene rings is 2. The number of nitrogens with one attached hydrogen (secondary N) is 1. The number of rotatable bonds is 8. The zero-order chi connectivity index (χ0) is 20.6. The lowest BCUT2D eigenvalue weighted by Crippen LogP contribution is -2.31. The third kappa shape index (κ3) is 6.41. The predicted octanol–water partition coefficient (Wildman–Crippen LogP) is 4.13. The fraction of sp³-hybridized carbons (Fsp3) is 0.435. The zero-order valence-corrected chi connectivity index (χ0v) is 18.3. The Bertz CT molecular complexity index is 813. The molecular formula is C23H30N2O3S. The Morgan fingerprint density at radius 3 is 2.34 bits per heavy atom. The van der Waals surface area contributed by atoms with E-state index in [0.29, 0.717) is 12.8 Å². The highest BCUT2D eigenvalue weighted by Crippen LogP contribution is 2.24. The van der Waals surface area contributed by atoms with Gasteiger partial charge in [0.1, 0.15) is 11.5 Å². The molecule has 1 aliphatic heterocycles. The van der Waals surface area contributed by atoms with Gasteiger partial charge in [0.25, 0.3) is 0 Å². The van der Waals surface area contributed by atoms with E-state index in [1.165, 1.54) is 17.1 Å². The molecule has 0 aliphatic carbocycles. The molecule has 0 saturated carbocycles. The predicted molar refractivity (Wildman–Crippen MR) is 120 cm³/mol. The van der Waals surface area contributed by atoms with Crippen molar-refractivity contribution in [2.45, 2.75) is 26.3 Å². The smallest absolute Gasteiger partial charge is 0.224 e. The Hall–Kier alpha value is -2.18. The highest BCUT2D eigenvalue weighted by Gasteiger charge is 2.12. The summed E-state index contributed by atoms with van der Waals surface area (Å²) in [5.74, 6) is 3.91. The zero-order valence-electron chi connectivity index (χ0n) is 17.5. The number of nitrogens with zero attached hydrogens (tertiary/aromatic N) is 1. The molecule has 2 aromatic rings. The van der Waals surface area contributed by atoms with E-state index in [2.05, 4.69) is 29.3 Å². The first kappa shape index (κ1) is 21.5. The van der Waals surface area contributed by atoms with Crippen LogP contribution in [0.1, 0.15) is 23.1 Å². The summed E-state index contributed by atoms with van der Waals surface area (Å²) < 4.78 is 10.6. The van der Waals surface area contributed by atoms with Crippen LogP contribution in [0.5, 0.6) is 11.5 Å². The van der Waals surface area contributed by atoms with Crippen LogP contribution >= 0.6 is 11.8 Å². The maximum Gasteiger partial charge on any atom is 0.224 e. The molecule has 1 N–H and O–H groups in total. The molecule has 1 saturated heterocycles. The van der Waals surface area contributed by atoms with Crippen LogP contribution in [0, 0.1) is 6.92 Å². The fourth-order valence-corrected chi connectivity index (χ4v) is 4.44. The van der Waals surface area contributed by atoms with Gasteiger partial charge in [0.2, 0.25) is 5.91 Å². The number of carbonyl (C=O) groups is 1. The van der Waals surface area contributed by atoms with E-state index in [0.717, 1.165) is 47.9 Å². The van der Waals surface area contributed by atoms with Gasteiger partial charge in [0.15, 0.2) is 0 Å². The summed E-state index contributed by atoms with van der Waals surface area (Å²) in [6.07, 6.45) is 1.03. The second-order valence-corrected chi connectivity index (χ2v) is 8.53. The van der Waals surface area contributed by atoms with E-state index in [4.69, 9.17) is 9.47 Å². The standard InChI is InChI=1S/C23H30N2O3S/c1-17-12-19(16-25-8-10-29-11-9-25)4-6-22(17)24-23(26)7-5-18-13-20(27-2)15-21(14-18)28-3/h4,6,12-15H,5,7-11,16H2,1-3H3,(H,24,26). The normalized spacial score (nSPS) is 14.4. The molecule has 0 radical (unpaired) electrons. The van der Waals surface area contributed by atoms with E-state index in [9.17, 15) is 4.79 Å². The van der Waals surface area contributed by atoms with Gasteiger partial charge in [0.05, 0.1) is 14.2 Å². The Kier molecular flexibility index (Phi) is 7.83. The molecule has 0 unspecified atom stereocenters. The number of methoxy groups -OCH3 is 2. The third-order valence-corrected chi connectivity index (χ3v) is 6.07. The molecule has 1 aliphatic rings. The minimum Gasteiger partial charge on any atom is -0.497 e. The molecule has 0 atom stereocenters. The number of carbonyl (C=O) groups excluding carboxylic acids is 1. The van der Waals surface area contributed by atoms with Gasteiger partial charge in [-0.3, -0.25) is 9.69 Å². The number of aryl methyl sites for hydroxylation is 2. The quantitative estimate of drug-likeness (QED) is 0.704. The van der Waals surface area contributed by atoms with Crippen molar-refractivity contribution in [1.29, 1.82) is 0 Å². The Morgan fingerprint density at radius 1 is 1.03 bits per heavy atom. The van der Waals surface area contributed by atoms with Gasteiger partial charge < -0.3 is 14.8 Å². The first-order chi connectivity index (χ1) is 14.1. The Balaban J connectivity index is 1.55. The number of amides is 1. The number of hydrogen-bond donors (Lipinski definition) is 1. The average molecular weight is 415 g/mol. The molecule has 0 spiro atoms. The molecule has 1 heterocycles.